The van der Waals surface area contributed by atoms with E-state index in [-0.39, 0.29) is 24.3 Å². The van der Waals surface area contributed by atoms with Gasteiger partial charge in [-0.25, -0.2) is 18.6 Å². The van der Waals surface area contributed by atoms with E-state index in [0.29, 0.717) is 23.0 Å². The minimum atomic E-state index is -1.74. The van der Waals surface area contributed by atoms with E-state index in [4.69, 9.17) is 4.74 Å². The van der Waals surface area contributed by atoms with Gasteiger partial charge in [0, 0.05) is 36.3 Å². The molecule has 2 aromatic heterocycles. The second-order valence-corrected chi connectivity index (χ2v) is 5.89. The fraction of sp³-hybridized carbons (Fsp3) is 0.263. The molecule has 0 aliphatic heterocycles. The number of halogens is 3. The number of ether oxygens (including phenoxy) is 1. The lowest BCUT2D eigenvalue weighted by Crippen LogP contribution is -2.08. The summed E-state index contributed by atoms with van der Waals surface area (Å²) in [5, 5.41) is 10.3. The van der Waals surface area contributed by atoms with Gasteiger partial charge in [0.05, 0.1) is 12.1 Å². The number of aromatic nitrogens is 2. The van der Waals surface area contributed by atoms with Crippen LogP contribution in [-0.2, 0) is 17.7 Å². The lowest BCUT2D eigenvalue weighted by molar-refractivity contribution is 0.0522. The molecule has 0 fully saturated rings. The van der Waals surface area contributed by atoms with Gasteiger partial charge in [-0.3, -0.25) is 0 Å². The molecule has 27 heavy (non-hydrogen) atoms. The standard InChI is InChI=1S/C19H17F3N2O3/c1-3-24-9-11(7-10-8-12(20)15(21)16(22)18(10)25)14-13(24)5-6-23-17(14)19(26)27-4-2/h5-6,8-9,25H,3-4,7H2,1-2H3. The van der Waals surface area contributed by atoms with Crippen molar-refractivity contribution in [2.24, 2.45) is 0 Å². The first-order chi connectivity index (χ1) is 12.9. The van der Waals surface area contributed by atoms with Crippen LogP contribution in [0.1, 0.15) is 35.5 Å². The van der Waals surface area contributed by atoms with Crippen LogP contribution in [0.15, 0.2) is 24.5 Å². The minimum Gasteiger partial charge on any atom is -0.505 e. The molecule has 3 aromatic rings. The number of hydrogen-bond donors (Lipinski definition) is 1. The summed E-state index contributed by atoms with van der Waals surface area (Å²) < 4.78 is 47.4. The van der Waals surface area contributed by atoms with Crippen LogP contribution in [0.2, 0.25) is 0 Å². The number of carbonyl (C=O) groups is 1. The summed E-state index contributed by atoms with van der Waals surface area (Å²) in [6.07, 6.45) is 3.05. The summed E-state index contributed by atoms with van der Waals surface area (Å²) in [7, 11) is 0. The molecular weight excluding hydrogens is 361 g/mol. The summed E-state index contributed by atoms with van der Waals surface area (Å²) in [6, 6.07) is 2.44. The zero-order chi connectivity index (χ0) is 19.7. The van der Waals surface area contributed by atoms with E-state index in [0.717, 1.165) is 6.07 Å². The van der Waals surface area contributed by atoms with Crippen molar-refractivity contribution in [1.29, 1.82) is 0 Å². The molecule has 0 saturated carbocycles. The summed E-state index contributed by atoms with van der Waals surface area (Å²) in [5.41, 5.74) is 1.12. The molecule has 1 aromatic carbocycles. The molecule has 0 atom stereocenters. The average molecular weight is 378 g/mol. The van der Waals surface area contributed by atoms with Gasteiger partial charge in [-0.1, -0.05) is 0 Å². The highest BCUT2D eigenvalue weighted by atomic mass is 19.2. The molecule has 0 saturated heterocycles. The molecule has 2 heterocycles. The first-order valence-corrected chi connectivity index (χ1v) is 8.38. The number of benzene rings is 1. The van der Waals surface area contributed by atoms with Crippen molar-refractivity contribution in [2.75, 3.05) is 6.61 Å². The van der Waals surface area contributed by atoms with Gasteiger partial charge in [0.15, 0.2) is 23.1 Å². The van der Waals surface area contributed by atoms with Crippen molar-refractivity contribution in [3.05, 3.63) is 58.8 Å². The van der Waals surface area contributed by atoms with E-state index in [1.807, 2.05) is 11.5 Å². The Hall–Kier alpha value is -3.03. The van der Waals surface area contributed by atoms with Gasteiger partial charge in [0.1, 0.15) is 0 Å². The Kier molecular flexibility index (Phi) is 5.07. The fourth-order valence-corrected chi connectivity index (χ4v) is 3.05. The molecule has 0 unspecified atom stereocenters. The van der Waals surface area contributed by atoms with Gasteiger partial charge in [0.25, 0.3) is 0 Å². The number of phenolic OH excluding ortho intramolecular Hbond substituents is 1. The second kappa shape index (κ2) is 7.30. The molecule has 0 bridgehead atoms. The van der Waals surface area contributed by atoms with Gasteiger partial charge >= 0.3 is 5.97 Å². The third-order valence-electron chi connectivity index (χ3n) is 4.28. The number of nitrogens with zero attached hydrogens (tertiary/aromatic N) is 2. The van der Waals surface area contributed by atoms with E-state index in [9.17, 15) is 23.1 Å². The quantitative estimate of drug-likeness (QED) is 0.539. The summed E-state index contributed by atoms with van der Waals surface area (Å²) in [4.78, 5) is 16.4. The molecule has 0 spiro atoms. The van der Waals surface area contributed by atoms with Gasteiger partial charge < -0.3 is 14.4 Å². The predicted octanol–water partition coefficient (Wildman–Crippen LogP) is 3.95. The number of fused-ring (bicyclic) bond motifs is 1. The maximum absolute atomic E-state index is 13.7. The molecule has 142 valence electrons. The van der Waals surface area contributed by atoms with Crippen molar-refractivity contribution in [2.45, 2.75) is 26.8 Å². The van der Waals surface area contributed by atoms with Crippen molar-refractivity contribution in [3.63, 3.8) is 0 Å². The predicted molar refractivity (Wildman–Crippen MR) is 92.2 cm³/mol. The number of aromatic hydroxyl groups is 1. The second-order valence-electron chi connectivity index (χ2n) is 5.89. The van der Waals surface area contributed by atoms with E-state index in [1.54, 1.807) is 19.2 Å². The fourth-order valence-electron chi connectivity index (χ4n) is 3.05. The molecule has 0 amide bonds. The highest BCUT2D eigenvalue weighted by Crippen LogP contribution is 2.32. The monoisotopic (exact) mass is 378 g/mol. The number of hydrogen-bond acceptors (Lipinski definition) is 4. The highest BCUT2D eigenvalue weighted by molar-refractivity contribution is 6.03. The number of esters is 1. The Labute approximate surface area is 153 Å². The van der Waals surface area contributed by atoms with Gasteiger partial charge in [-0.05, 0) is 31.5 Å². The zero-order valence-corrected chi connectivity index (χ0v) is 14.7. The smallest absolute Gasteiger partial charge is 0.357 e. The van der Waals surface area contributed by atoms with Crippen molar-refractivity contribution < 1.29 is 27.8 Å². The summed E-state index contributed by atoms with van der Waals surface area (Å²) in [5.74, 6) is -6.37. The van der Waals surface area contributed by atoms with Gasteiger partial charge in [0.2, 0.25) is 5.82 Å². The summed E-state index contributed by atoms with van der Waals surface area (Å²) >= 11 is 0. The molecule has 3 rings (SSSR count). The van der Waals surface area contributed by atoms with Crippen LogP contribution < -0.4 is 0 Å². The van der Waals surface area contributed by atoms with Crippen LogP contribution in [0.3, 0.4) is 0 Å². The number of carbonyl (C=O) groups excluding carboxylic acids is 1. The van der Waals surface area contributed by atoms with Crippen LogP contribution in [0.25, 0.3) is 10.9 Å². The third-order valence-corrected chi connectivity index (χ3v) is 4.28. The van der Waals surface area contributed by atoms with Crippen molar-refractivity contribution in [3.8, 4) is 5.75 Å². The number of rotatable bonds is 5. The number of aryl methyl sites for hydroxylation is 1. The average Bonchev–Trinajstić information content (AvgIpc) is 3.02. The summed E-state index contributed by atoms with van der Waals surface area (Å²) in [6.45, 7) is 4.29. The molecule has 0 aliphatic rings. The Morgan fingerprint density at radius 3 is 2.63 bits per heavy atom. The first-order valence-electron chi connectivity index (χ1n) is 8.38. The van der Waals surface area contributed by atoms with Crippen LogP contribution >= 0.6 is 0 Å². The topological polar surface area (TPSA) is 64.3 Å². The Bertz CT molecular complexity index is 1030. The lowest BCUT2D eigenvalue weighted by atomic mass is 10.0. The highest BCUT2D eigenvalue weighted by Gasteiger charge is 2.22. The molecule has 1 N–H and O–H groups in total. The molecule has 5 nitrogen and oxygen atoms in total. The largest absolute Gasteiger partial charge is 0.505 e. The normalized spacial score (nSPS) is 11.1. The Morgan fingerprint density at radius 1 is 1.22 bits per heavy atom. The van der Waals surface area contributed by atoms with E-state index in [1.165, 1.54) is 6.20 Å². The van der Waals surface area contributed by atoms with E-state index in [2.05, 4.69) is 4.98 Å². The molecule has 0 radical (unpaired) electrons. The maximum atomic E-state index is 13.7. The van der Waals surface area contributed by atoms with Crippen molar-refractivity contribution in [1.82, 2.24) is 9.55 Å². The van der Waals surface area contributed by atoms with Crippen LogP contribution in [0.4, 0.5) is 13.2 Å². The van der Waals surface area contributed by atoms with Gasteiger partial charge in [-0.15, -0.1) is 0 Å². The SMILES string of the molecule is CCOC(=O)c1nccc2c1c(Cc1cc(F)c(F)c(F)c1O)cn2CC. The van der Waals surface area contributed by atoms with E-state index < -0.39 is 29.2 Å². The van der Waals surface area contributed by atoms with Crippen LogP contribution in [0, 0.1) is 17.5 Å². The number of phenols is 1. The number of pyridine rings is 1. The first kappa shape index (κ1) is 18.8. The van der Waals surface area contributed by atoms with Crippen LogP contribution in [-0.4, -0.2) is 27.2 Å². The zero-order valence-electron chi connectivity index (χ0n) is 14.7. The van der Waals surface area contributed by atoms with Crippen molar-refractivity contribution >= 4 is 16.9 Å². The van der Waals surface area contributed by atoms with Gasteiger partial charge in [-0.2, -0.15) is 4.39 Å². The molecule has 0 aliphatic carbocycles. The third kappa shape index (κ3) is 3.22. The lowest BCUT2D eigenvalue weighted by Gasteiger charge is -2.08. The minimum absolute atomic E-state index is 0.0686. The Morgan fingerprint density at radius 2 is 1.96 bits per heavy atom. The molecule has 8 heteroatoms. The maximum Gasteiger partial charge on any atom is 0.357 e. The van der Waals surface area contributed by atoms with Crippen LogP contribution in [0.5, 0.6) is 5.75 Å². The Balaban J connectivity index is 2.19. The molecular formula is C19H17F3N2O3. The van der Waals surface area contributed by atoms with E-state index >= 15 is 0 Å².